The van der Waals surface area contributed by atoms with Crippen LogP contribution in [-0.2, 0) is 0 Å². The molecular formula is C13H15NOS. The van der Waals surface area contributed by atoms with Gasteiger partial charge in [-0.05, 0) is 17.0 Å². The monoisotopic (exact) mass is 233 g/mol. The SMILES string of the molecule is NCC(c1cccs1)C(O)c1ccccc1. The van der Waals surface area contributed by atoms with Gasteiger partial charge in [-0.15, -0.1) is 11.3 Å². The van der Waals surface area contributed by atoms with Crippen LogP contribution in [-0.4, -0.2) is 11.7 Å². The van der Waals surface area contributed by atoms with Crippen molar-refractivity contribution < 1.29 is 5.11 Å². The Hall–Kier alpha value is -1.16. The molecule has 3 N–H and O–H groups in total. The Morgan fingerprint density at radius 1 is 1.12 bits per heavy atom. The first-order chi connectivity index (χ1) is 7.83. The number of rotatable bonds is 4. The van der Waals surface area contributed by atoms with E-state index in [1.54, 1.807) is 11.3 Å². The summed E-state index contributed by atoms with van der Waals surface area (Å²) in [6, 6.07) is 13.7. The van der Waals surface area contributed by atoms with Gasteiger partial charge < -0.3 is 10.8 Å². The number of hydrogen-bond donors (Lipinski definition) is 2. The molecule has 0 amide bonds. The molecule has 0 spiro atoms. The van der Waals surface area contributed by atoms with Crippen molar-refractivity contribution in [3.05, 3.63) is 58.3 Å². The highest BCUT2D eigenvalue weighted by Crippen LogP contribution is 2.32. The van der Waals surface area contributed by atoms with E-state index in [0.29, 0.717) is 6.54 Å². The first-order valence-electron chi connectivity index (χ1n) is 5.29. The van der Waals surface area contributed by atoms with Gasteiger partial charge in [-0.2, -0.15) is 0 Å². The molecule has 3 heteroatoms. The smallest absolute Gasteiger partial charge is 0.0878 e. The van der Waals surface area contributed by atoms with Crippen LogP contribution < -0.4 is 5.73 Å². The minimum atomic E-state index is -0.523. The maximum atomic E-state index is 10.3. The molecule has 0 bridgehead atoms. The lowest BCUT2D eigenvalue weighted by atomic mass is 9.94. The van der Waals surface area contributed by atoms with Crippen molar-refractivity contribution in [2.24, 2.45) is 5.73 Å². The normalized spacial score (nSPS) is 14.6. The molecule has 2 rings (SSSR count). The third-order valence-corrected chi connectivity index (χ3v) is 3.69. The average molecular weight is 233 g/mol. The van der Waals surface area contributed by atoms with Crippen LogP contribution in [0, 0.1) is 0 Å². The largest absolute Gasteiger partial charge is 0.388 e. The fourth-order valence-corrected chi connectivity index (χ4v) is 2.66. The van der Waals surface area contributed by atoms with Gasteiger partial charge >= 0.3 is 0 Å². The highest BCUT2D eigenvalue weighted by atomic mass is 32.1. The van der Waals surface area contributed by atoms with Crippen LogP contribution in [0.4, 0.5) is 0 Å². The topological polar surface area (TPSA) is 46.2 Å². The zero-order valence-electron chi connectivity index (χ0n) is 8.91. The van der Waals surface area contributed by atoms with Gasteiger partial charge in [-0.25, -0.2) is 0 Å². The second kappa shape index (κ2) is 5.25. The lowest BCUT2D eigenvalue weighted by Gasteiger charge is -2.20. The van der Waals surface area contributed by atoms with Gasteiger partial charge in [-0.3, -0.25) is 0 Å². The number of hydrogen-bond acceptors (Lipinski definition) is 3. The van der Waals surface area contributed by atoms with Gasteiger partial charge in [0.2, 0.25) is 0 Å². The summed E-state index contributed by atoms with van der Waals surface area (Å²) in [6.07, 6.45) is -0.523. The van der Waals surface area contributed by atoms with Crippen molar-refractivity contribution in [3.63, 3.8) is 0 Å². The Morgan fingerprint density at radius 3 is 2.44 bits per heavy atom. The van der Waals surface area contributed by atoms with E-state index in [1.807, 2.05) is 47.8 Å². The van der Waals surface area contributed by atoms with Gasteiger partial charge in [0.1, 0.15) is 0 Å². The molecular weight excluding hydrogens is 218 g/mol. The number of nitrogens with two attached hydrogens (primary N) is 1. The van der Waals surface area contributed by atoms with Crippen molar-refractivity contribution in [1.29, 1.82) is 0 Å². The number of thiophene rings is 1. The molecule has 0 aliphatic rings. The summed E-state index contributed by atoms with van der Waals surface area (Å²) in [5.74, 6) is -0.0117. The van der Waals surface area contributed by atoms with Gasteiger partial charge in [0.15, 0.2) is 0 Å². The summed E-state index contributed by atoms with van der Waals surface area (Å²) >= 11 is 1.64. The third kappa shape index (κ3) is 2.32. The summed E-state index contributed by atoms with van der Waals surface area (Å²) in [5, 5.41) is 12.3. The zero-order chi connectivity index (χ0) is 11.4. The Bertz CT molecular complexity index is 413. The van der Waals surface area contributed by atoms with Crippen LogP contribution in [0.5, 0.6) is 0 Å². The fourth-order valence-electron chi connectivity index (χ4n) is 1.79. The second-order valence-electron chi connectivity index (χ2n) is 3.71. The van der Waals surface area contributed by atoms with Crippen molar-refractivity contribution >= 4 is 11.3 Å². The standard InChI is InChI=1S/C13H15NOS/c14-9-11(12-7-4-8-16-12)13(15)10-5-2-1-3-6-10/h1-8,11,13,15H,9,14H2. The fraction of sp³-hybridized carbons (Fsp3) is 0.231. The lowest BCUT2D eigenvalue weighted by Crippen LogP contribution is -2.19. The predicted molar refractivity (Wildman–Crippen MR) is 67.5 cm³/mol. The van der Waals surface area contributed by atoms with Crippen LogP contribution in [0.15, 0.2) is 47.8 Å². The molecule has 0 radical (unpaired) electrons. The molecule has 84 valence electrons. The summed E-state index contributed by atoms with van der Waals surface area (Å²) in [5.41, 5.74) is 6.67. The lowest BCUT2D eigenvalue weighted by molar-refractivity contribution is 0.149. The summed E-state index contributed by atoms with van der Waals surface area (Å²) in [6.45, 7) is 0.455. The molecule has 0 fully saturated rings. The summed E-state index contributed by atoms with van der Waals surface area (Å²) in [4.78, 5) is 1.14. The van der Waals surface area contributed by atoms with Crippen molar-refractivity contribution in [3.8, 4) is 0 Å². The third-order valence-electron chi connectivity index (χ3n) is 2.68. The van der Waals surface area contributed by atoms with Crippen molar-refractivity contribution in [2.45, 2.75) is 12.0 Å². The Labute approximate surface area is 99.4 Å². The van der Waals surface area contributed by atoms with Crippen LogP contribution in [0.25, 0.3) is 0 Å². The number of aliphatic hydroxyl groups excluding tert-OH is 1. The van der Waals surface area contributed by atoms with E-state index >= 15 is 0 Å². The molecule has 1 aromatic heterocycles. The first kappa shape index (κ1) is 11.3. The highest BCUT2D eigenvalue weighted by Gasteiger charge is 2.21. The maximum Gasteiger partial charge on any atom is 0.0878 e. The van der Waals surface area contributed by atoms with Crippen molar-refractivity contribution in [2.75, 3.05) is 6.54 Å². The molecule has 0 aliphatic heterocycles. The Balaban J connectivity index is 2.23. The van der Waals surface area contributed by atoms with E-state index in [-0.39, 0.29) is 5.92 Å². The molecule has 2 aromatic rings. The molecule has 0 saturated carbocycles. The summed E-state index contributed by atoms with van der Waals surface area (Å²) in [7, 11) is 0. The van der Waals surface area contributed by atoms with Crippen LogP contribution in [0.3, 0.4) is 0 Å². The minimum absolute atomic E-state index is 0.0117. The maximum absolute atomic E-state index is 10.3. The van der Waals surface area contributed by atoms with Gasteiger partial charge in [0.25, 0.3) is 0 Å². The molecule has 0 saturated heterocycles. The first-order valence-corrected chi connectivity index (χ1v) is 6.17. The molecule has 1 aromatic carbocycles. The van der Waals surface area contributed by atoms with E-state index in [2.05, 4.69) is 0 Å². The number of aliphatic hydroxyl groups is 1. The van der Waals surface area contributed by atoms with Crippen LogP contribution >= 0.6 is 11.3 Å². The van der Waals surface area contributed by atoms with Gasteiger partial charge in [-0.1, -0.05) is 36.4 Å². The Kier molecular flexibility index (Phi) is 3.72. The molecule has 16 heavy (non-hydrogen) atoms. The van der Waals surface area contributed by atoms with E-state index in [1.165, 1.54) is 0 Å². The molecule has 2 atom stereocenters. The van der Waals surface area contributed by atoms with Crippen LogP contribution in [0.2, 0.25) is 0 Å². The molecule has 2 unspecified atom stereocenters. The molecule has 1 heterocycles. The van der Waals surface area contributed by atoms with Gasteiger partial charge in [0.05, 0.1) is 6.10 Å². The average Bonchev–Trinajstić information content (AvgIpc) is 2.85. The predicted octanol–water partition coefficient (Wildman–Crippen LogP) is 2.52. The van der Waals surface area contributed by atoms with Gasteiger partial charge in [0, 0.05) is 17.3 Å². The van der Waals surface area contributed by atoms with E-state index in [9.17, 15) is 5.11 Å². The van der Waals surface area contributed by atoms with E-state index in [4.69, 9.17) is 5.73 Å². The van der Waals surface area contributed by atoms with E-state index < -0.39 is 6.10 Å². The highest BCUT2D eigenvalue weighted by molar-refractivity contribution is 7.10. The zero-order valence-corrected chi connectivity index (χ0v) is 9.73. The Morgan fingerprint density at radius 2 is 1.88 bits per heavy atom. The quantitative estimate of drug-likeness (QED) is 0.852. The second-order valence-corrected chi connectivity index (χ2v) is 4.69. The molecule has 2 nitrogen and oxygen atoms in total. The van der Waals surface area contributed by atoms with E-state index in [0.717, 1.165) is 10.4 Å². The number of benzene rings is 1. The summed E-state index contributed by atoms with van der Waals surface area (Å²) < 4.78 is 0. The van der Waals surface area contributed by atoms with Crippen LogP contribution in [0.1, 0.15) is 22.5 Å². The minimum Gasteiger partial charge on any atom is -0.388 e. The molecule has 0 aliphatic carbocycles. The van der Waals surface area contributed by atoms with Crippen molar-refractivity contribution in [1.82, 2.24) is 0 Å².